The number of rotatable bonds is 2. The van der Waals surface area contributed by atoms with E-state index in [9.17, 15) is 4.79 Å². The van der Waals surface area contributed by atoms with Crippen molar-refractivity contribution in [3.63, 3.8) is 0 Å². The van der Waals surface area contributed by atoms with Gasteiger partial charge >= 0.3 is 0 Å². The van der Waals surface area contributed by atoms with Crippen LogP contribution in [0.2, 0.25) is 0 Å². The van der Waals surface area contributed by atoms with Crippen LogP contribution in [0.5, 0.6) is 0 Å². The van der Waals surface area contributed by atoms with Gasteiger partial charge in [0.2, 0.25) is 0 Å². The summed E-state index contributed by atoms with van der Waals surface area (Å²) >= 11 is 0. The van der Waals surface area contributed by atoms with Crippen molar-refractivity contribution in [2.24, 2.45) is 22.7 Å². The summed E-state index contributed by atoms with van der Waals surface area (Å²) in [5, 5.41) is 11.4. The van der Waals surface area contributed by atoms with E-state index >= 15 is 0 Å². The monoisotopic (exact) mass is 434 g/mol. The third-order valence-corrected chi connectivity index (χ3v) is 7.31. The van der Waals surface area contributed by atoms with Crippen molar-refractivity contribution < 1.29 is 4.79 Å². The Labute approximate surface area is 192 Å². The lowest BCUT2D eigenvalue weighted by atomic mass is 9.58. The minimum absolute atomic E-state index is 0.00965. The number of aromatic amines is 1. The number of H-pyrrole nitrogens is 1. The summed E-state index contributed by atoms with van der Waals surface area (Å²) in [5.74, 6) is 1.41. The molecule has 2 N–H and O–H groups in total. The van der Waals surface area contributed by atoms with Crippen LogP contribution in [0.15, 0.2) is 29.8 Å². The molecule has 5 nitrogen and oxygen atoms in total. The Hall–Kier alpha value is -2.56. The van der Waals surface area contributed by atoms with Crippen LogP contribution in [0, 0.1) is 29.6 Å². The first-order valence-corrected chi connectivity index (χ1v) is 11.7. The van der Waals surface area contributed by atoms with Gasteiger partial charge in [-0.25, -0.2) is 0 Å². The number of hydrogen-bond donors (Lipinski definition) is 2. The topological polar surface area (TPSA) is 61.0 Å². The van der Waals surface area contributed by atoms with E-state index < -0.39 is 0 Å². The maximum absolute atomic E-state index is 14.1. The Morgan fingerprint density at radius 3 is 2.06 bits per heavy atom. The Bertz CT molecular complexity index is 1060. The molecule has 1 aromatic heterocycles. The second-order valence-corrected chi connectivity index (χ2v) is 11.9. The number of benzene rings is 1. The predicted molar refractivity (Wildman–Crippen MR) is 133 cm³/mol. The minimum atomic E-state index is -0.195. The van der Waals surface area contributed by atoms with E-state index in [-0.39, 0.29) is 34.5 Å². The quantitative estimate of drug-likeness (QED) is 0.608. The summed E-state index contributed by atoms with van der Waals surface area (Å²) in [6, 6.07) is 8.33. The summed E-state index contributed by atoms with van der Waals surface area (Å²) in [6.45, 7) is 15.6. The van der Waals surface area contributed by atoms with E-state index in [4.69, 9.17) is 0 Å². The van der Waals surface area contributed by atoms with Crippen LogP contribution in [0.1, 0.15) is 70.8 Å². The molecule has 1 aliphatic carbocycles. The molecule has 0 saturated heterocycles. The van der Waals surface area contributed by atoms with Crippen LogP contribution >= 0.6 is 0 Å². The zero-order chi connectivity index (χ0) is 23.6. The predicted octanol–water partition coefficient (Wildman–Crippen LogP) is 6.00. The average Bonchev–Trinajstić information content (AvgIpc) is 3.06. The van der Waals surface area contributed by atoms with Gasteiger partial charge in [-0.3, -0.25) is 9.89 Å². The van der Waals surface area contributed by atoms with E-state index in [0.29, 0.717) is 0 Å². The zero-order valence-electron chi connectivity index (χ0n) is 21.1. The van der Waals surface area contributed by atoms with Crippen LogP contribution in [0.4, 0.5) is 11.5 Å². The number of fused-ring (bicyclic) bond motifs is 2. The maximum Gasteiger partial charge on any atom is 0.165 e. The van der Waals surface area contributed by atoms with Gasteiger partial charge in [0.1, 0.15) is 0 Å². The summed E-state index contributed by atoms with van der Waals surface area (Å²) in [7, 11) is 4.08. The van der Waals surface area contributed by atoms with Gasteiger partial charge in [-0.2, -0.15) is 5.10 Å². The largest absolute Gasteiger partial charge is 0.378 e. The number of anilines is 2. The smallest absolute Gasteiger partial charge is 0.165 e. The molecule has 1 aromatic carbocycles. The van der Waals surface area contributed by atoms with Crippen molar-refractivity contribution in [2.75, 3.05) is 24.3 Å². The fraction of sp³-hybridized carbons (Fsp3) is 0.556. The molecule has 32 heavy (non-hydrogen) atoms. The Balaban J connectivity index is 1.97. The highest BCUT2D eigenvalue weighted by Gasteiger charge is 2.49. The zero-order valence-corrected chi connectivity index (χ0v) is 21.1. The van der Waals surface area contributed by atoms with Crippen LogP contribution in [-0.4, -0.2) is 30.1 Å². The lowest BCUT2D eigenvalue weighted by Gasteiger charge is -2.47. The second-order valence-electron chi connectivity index (χ2n) is 11.9. The normalized spacial score (nSPS) is 23.5. The van der Waals surface area contributed by atoms with Crippen molar-refractivity contribution in [3.8, 4) is 0 Å². The van der Waals surface area contributed by atoms with Crippen LogP contribution < -0.4 is 10.2 Å². The Morgan fingerprint density at radius 1 is 0.938 bits per heavy atom. The number of aryl methyl sites for hydroxylation is 1. The molecule has 0 bridgehead atoms. The third-order valence-electron chi connectivity index (χ3n) is 7.31. The first kappa shape index (κ1) is 22.6. The molecule has 3 atom stereocenters. The number of aromatic nitrogens is 2. The van der Waals surface area contributed by atoms with Gasteiger partial charge in [-0.1, -0.05) is 53.7 Å². The Morgan fingerprint density at radius 2 is 1.53 bits per heavy atom. The van der Waals surface area contributed by atoms with Crippen LogP contribution in [0.3, 0.4) is 0 Å². The minimum Gasteiger partial charge on any atom is -0.378 e. The SMILES string of the molecule is Cc1[nH]nc2c1C1=C(C(=O)[C@H](C(C)(C)C)C[C@@H]1C(C)(C)C)[C@@H](c1ccc(N(C)C)cc1)N2. The number of nitrogens with zero attached hydrogens (tertiary/aromatic N) is 2. The second kappa shape index (κ2) is 7.50. The van der Waals surface area contributed by atoms with E-state index in [1.807, 2.05) is 14.1 Å². The van der Waals surface area contributed by atoms with E-state index in [1.165, 1.54) is 5.57 Å². The van der Waals surface area contributed by atoms with Crippen molar-refractivity contribution in [1.29, 1.82) is 0 Å². The maximum atomic E-state index is 14.1. The van der Waals surface area contributed by atoms with E-state index in [0.717, 1.165) is 40.3 Å². The molecular weight excluding hydrogens is 396 g/mol. The molecule has 0 fully saturated rings. The molecule has 4 rings (SSSR count). The lowest BCUT2D eigenvalue weighted by molar-refractivity contribution is -0.124. The number of Topliss-reactive ketones (excluding diaryl/α,β-unsaturated/α-hetero) is 1. The fourth-order valence-corrected chi connectivity index (χ4v) is 5.40. The molecule has 0 radical (unpaired) electrons. The van der Waals surface area contributed by atoms with Crippen LogP contribution in [-0.2, 0) is 4.79 Å². The standard InChI is InChI=1S/C27H38N4O/c1-15-20-21-18(26(2,3)4)14-19(27(5,6)7)24(32)22(21)23(28-25(20)30-29-15)16-10-12-17(13-11-16)31(8)9/h10-13,18-19,23H,14H2,1-9H3,(H2,28,29,30)/t18-,19+,23+/m0/s1. The molecule has 2 heterocycles. The summed E-state index contributed by atoms with van der Waals surface area (Å²) in [5.41, 5.74) is 6.44. The molecule has 1 aliphatic heterocycles. The summed E-state index contributed by atoms with van der Waals surface area (Å²) in [4.78, 5) is 16.2. The number of carbonyl (C=O) groups excluding carboxylic acids is 1. The molecular formula is C27H38N4O. The number of carbonyl (C=O) groups is 1. The summed E-state index contributed by atoms with van der Waals surface area (Å²) in [6.07, 6.45) is 0.876. The first-order valence-electron chi connectivity index (χ1n) is 11.7. The van der Waals surface area contributed by atoms with Gasteiger partial charge in [0.05, 0.1) is 6.04 Å². The fourth-order valence-electron chi connectivity index (χ4n) is 5.40. The number of hydrogen-bond acceptors (Lipinski definition) is 4. The molecule has 0 amide bonds. The first-order chi connectivity index (χ1) is 14.8. The van der Waals surface area contributed by atoms with Crippen LogP contribution in [0.25, 0.3) is 5.57 Å². The average molecular weight is 435 g/mol. The van der Waals surface area contributed by atoms with Crippen molar-refractivity contribution in [1.82, 2.24) is 10.2 Å². The summed E-state index contributed by atoms with van der Waals surface area (Å²) < 4.78 is 0. The van der Waals surface area contributed by atoms with Gasteiger partial charge in [0.25, 0.3) is 0 Å². The van der Waals surface area contributed by atoms with E-state index in [1.54, 1.807) is 0 Å². The molecule has 2 aliphatic rings. The molecule has 0 spiro atoms. The molecule has 0 saturated carbocycles. The van der Waals surface area contributed by atoms with E-state index in [2.05, 4.69) is 93.1 Å². The number of nitrogens with one attached hydrogen (secondary N) is 2. The Kier molecular flexibility index (Phi) is 5.30. The van der Waals surface area contributed by atoms with Crippen molar-refractivity contribution in [2.45, 2.75) is 60.9 Å². The van der Waals surface area contributed by atoms with Crippen molar-refractivity contribution in [3.05, 3.63) is 46.7 Å². The van der Waals surface area contributed by atoms with Gasteiger partial charge in [-0.15, -0.1) is 0 Å². The van der Waals surface area contributed by atoms with Gasteiger partial charge in [-0.05, 0) is 53.4 Å². The third kappa shape index (κ3) is 3.66. The van der Waals surface area contributed by atoms with Gasteiger partial charge in [0.15, 0.2) is 11.6 Å². The highest BCUT2D eigenvalue weighted by molar-refractivity contribution is 6.10. The molecule has 172 valence electrons. The lowest BCUT2D eigenvalue weighted by Crippen LogP contribution is -2.43. The molecule has 2 aromatic rings. The molecule has 5 heteroatoms. The van der Waals surface area contributed by atoms with Gasteiger partial charge in [0, 0.05) is 42.5 Å². The van der Waals surface area contributed by atoms with Gasteiger partial charge < -0.3 is 10.2 Å². The molecule has 0 unspecified atom stereocenters. The number of ketones is 1. The highest BCUT2D eigenvalue weighted by Crippen LogP contribution is 2.56. The van der Waals surface area contributed by atoms with Crippen molar-refractivity contribution >= 4 is 22.9 Å². The highest BCUT2D eigenvalue weighted by atomic mass is 16.1. The number of allylic oxidation sites excluding steroid dienone is 1.